The number of halogens is 1. The van der Waals surface area contributed by atoms with Crippen molar-refractivity contribution in [3.05, 3.63) is 27.8 Å². The van der Waals surface area contributed by atoms with Crippen molar-refractivity contribution in [2.24, 2.45) is 0 Å². The van der Waals surface area contributed by atoms with Gasteiger partial charge in [-0.15, -0.1) is 11.8 Å². The van der Waals surface area contributed by atoms with Gasteiger partial charge in [0.2, 0.25) is 0 Å². The molecule has 0 N–H and O–H groups in total. The minimum absolute atomic E-state index is 0.879. The zero-order valence-corrected chi connectivity index (χ0v) is 11.2. The standard InChI is InChI=1S/C12H15IS/c13-10-6-8-12(9-7-10)14-11-4-2-1-3-5-11/h6-9,11H,1-5H2. The van der Waals surface area contributed by atoms with Gasteiger partial charge < -0.3 is 0 Å². The summed E-state index contributed by atoms with van der Waals surface area (Å²) in [5.41, 5.74) is 0. The van der Waals surface area contributed by atoms with Crippen molar-refractivity contribution in [1.29, 1.82) is 0 Å². The van der Waals surface area contributed by atoms with Gasteiger partial charge in [-0.3, -0.25) is 0 Å². The van der Waals surface area contributed by atoms with E-state index in [0.29, 0.717) is 0 Å². The molecule has 0 spiro atoms. The second-order valence-corrected chi connectivity index (χ2v) is 6.45. The van der Waals surface area contributed by atoms with Crippen molar-refractivity contribution < 1.29 is 0 Å². The van der Waals surface area contributed by atoms with Crippen LogP contribution in [0.4, 0.5) is 0 Å². The summed E-state index contributed by atoms with van der Waals surface area (Å²) in [6.45, 7) is 0. The van der Waals surface area contributed by atoms with Crippen LogP contribution < -0.4 is 0 Å². The molecule has 0 radical (unpaired) electrons. The van der Waals surface area contributed by atoms with Gasteiger partial charge in [0.15, 0.2) is 0 Å². The Labute approximate surface area is 104 Å². The van der Waals surface area contributed by atoms with Gasteiger partial charge in [-0.2, -0.15) is 0 Å². The smallest absolute Gasteiger partial charge is 0.0131 e. The van der Waals surface area contributed by atoms with Crippen molar-refractivity contribution in [2.75, 3.05) is 0 Å². The molecular weight excluding hydrogens is 303 g/mol. The van der Waals surface area contributed by atoms with Crippen molar-refractivity contribution in [1.82, 2.24) is 0 Å². The molecule has 0 saturated heterocycles. The number of benzene rings is 1. The fourth-order valence-corrected chi connectivity index (χ4v) is 3.50. The predicted octanol–water partition coefficient (Wildman–Crippen LogP) is 4.72. The quantitative estimate of drug-likeness (QED) is 0.711. The number of rotatable bonds is 2. The normalized spacial score (nSPS) is 18.4. The van der Waals surface area contributed by atoms with Gasteiger partial charge in [-0.05, 0) is 59.7 Å². The summed E-state index contributed by atoms with van der Waals surface area (Å²) in [7, 11) is 0. The fraction of sp³-hybridized carbons (Fsp3) is 0.500. The first kappa shape index (κ1) is 10.8. The Balaban J connectivity index is 1.92. The van der Waals surface area contributed by atoms with Gasteiger partial charge >= 0.3 is 0 Å². The number of thioether (sulfide) groups is 1. The van der Waals surface area contributed by atoms with Gasteiger partial charge in [0.05, 0.1) is 0 Å². The topological polar surface area (TPSA) is 0 Å². The molecule has 0 unspecified atom stereocenters. The van der Waals surface area contributed by atoms with Crippen LogP contribution >= 0.6 is 34.4 Å². The van der Waals surface area contributed by atoms with E-state index in [4.69, 9.17) is 0 Å². The molecule has 2 rings (SSSR count). The maximum atomic E-state index is 2.36. The SMILES string of the molecule is Ic1ccc(SC2CCCCC2)cc1. The van der Waals surface area contributed by atoms with E-state index in [1.54, 1.807) is 0 Å². The minimum atomic E-state index is 0.879. The molecule has 0 amide bonds. The van der Waals surface area contributed by atoms with Gasteiger partial charge in [0.25, 0.3) is 0 Å². The van der Waals surface area contributed by atoms with E-state index >= 15 is 0 Å². The summed E-state index contributed by atoms with van der Waals surface area (Å²) in [6.07, 6.45) is 7.14. The van der Waals surface area contributed by atoms with Crippen molar-refractivity contribution in [2.45, 2.75) is 42.2 Å². The van der Waals surface area contributed by atoms with Crippen LogP contribution in [0, 0.1) is 3.57 Å². The Morgan fingerprint density at radius 1 is 1.00 bits per heavy atom. The molecule has 0 atom stereocenters. The van der Waals surface area contributed by atoms with Crippen LogP contribution in [0.1, 0.15) is 32.1 Å². The lowest BCUT2D eigenvalue weighted by atomic mass is 10.0. The van der Waals surface area contributed by atoms with Crippen LogP contribution in [0.3, 0.4) is 0 Å². The van der Waals surface area contributed by atoms with Crippen LogP contribution in [-0.4, -0.2) is 5.25 Å². The van der Waals surface area contributed by atoms with Crippen LogP contribution in [0.15, 0.2) is 29.2 Å². The highest BCUT2D eigenvalue weighted by molar-refractivity contribution is 14.1. The third-order valence-corrected chi connectivity index (χ3v) is 4.74. The zero-order valence-electron chi connectivity index (χ0n) is 8.21. The Bertz CT molecular complexity index is 275. The zero-order chi connectivity index (χ0) is 9.80. The minimum Gasteiger partial charge on any atom is -0.123 e. The average molecular weight is 318 g/mol. The van der Waals surface area contributed by atoms with E-state index in [9.17, 15) is 0 Å². The van der Waals surface area contributed by atoms with Crippen LogP contribution in [0.25, 0.3) is 0 Å². The Hall–Kier alpha value is 0.300. The number of hydrogen-bond donors (Lipinski definition) is 0. The molecule has 1 aliphatic rings. The Kier molecular flexibility index (Phi) is 4.17. The molecule has 0 aliphatic heterocycles. The summed E-state index contributed by atoms with van der Waals surface area (Å²) in [5, 5.41) is 0.879. The third kappa shape index (κ3) is 3.16. The molecule has 1 aromatic rings. The largest absolute Gasteiger partial charge is 0.123 e. The first-order valence-corrected chi connectivity index (χ1v) is 7.23. The number of hydrogen-bond acceptors (Lipinski definition) is 1. The van der Waals surface area contributed by atoms with Gasteiger partial charge in [0.1, 0.15) is 0 Å². The second-order valence-electron chi connectivity index (χ2n) is 3.83. The van der Waals surface area contributed by atoms with Crippen molar-refractivity contribution >= 4 is 34.4 Å². The third-order valence-electron chi connectivity index (χ3n) is 2.67. The first-order chi connectivity index (χ1) is 6.84. The Morgan fingerprint density at radius 3 is 2.29 bits per heavy atom. The molecule has 0 nitrogen and oxygen atoms in total. The maximum Gasteiger partial charge on any atom is 0.0131 e. The van der Waals surface area contributed by atoms with Crippen molar-refractivity contribution in [3.8, 4) is 0 Å². The maximum absolute atomic E-state index is 2.36. The van der Waals surface area contributed by atoms with Gasteiger partial charge in [-0.25, -0.2) is 0 Å². The molecule has 1 fully saturated rings. The molecule has 76 valence electrons. The van der Waals surface area contributed by atoms with Gasteiger partial charge in [0, 0.05) is 13.7 Å². The van der Waals surface area contributed by atoms with Crippen LogP contribution in [0.2, 0.25) is 0 Å². The van der Waals surface area contributed by atoms with E-state index in [1.807, 2.05) is 0 Å². The predicted molar refractivity (Wildman–Crippen MR) is 71.9 cm³/mol. The molecule has 0 bridgehead atoms. The lowest BCUT2D eigenvalue weighted by molar-refractivity contribution is 0.516. The van der Waals surface area contributed by atoms with Crippen LogP contribution in [-0.2, 0) is 0 Å². The lowest BCUT2D eigenvalue weighted by Crippen LogP contribution is -2.07. The highest BCUT2D eigenvalue weighted by Crippen LogP contribution is 2.33. The molecule has 0 heterocycles. The molecule has 2 heteroatoms. The summed E-state index contributed by atoms with van der Waals surface area (Å²) in [6, 6.07) is 8.90. The monoisotopic (exact) mass is 318 g/mol. The summed E-state index contributed by atoms with van der Waals surface area (Å²) in [4.78, 5) is 1.44. The lowest BCUT2D eigenvalue weighted by Gasteiger charge is -2.20. The second kappa shape index (κ2) is 5.40. The van der Waals surface area contributed by atoms with E-state index in [0.717, 1.165) is 5.25 Å². The highest BCUT2D eigenvalue weighted by Gasteiger charge is 2.14. The molecule has 14 heavy (non-hydrogen) atoms. The summed E-state index contributed by atoms with van der Waals surface area (Å²) in [5.74, 6) is 0. The fourth-order valence-electron chi connectivity index (χ4n) is 1.89. The van der Waals surface area contributed by atoms with Gasteiger partial charge in [-0.1, -0.05) is 19.3 Å². The first-order valence-electron chi connectivity index (χ1n) is 5.27. The molecule has 1 saturated carbocycles. The van der Waals surface area contributed by atoms with E-state index < -0.39 is 0 Å². The van der Waals surface area contributed by atoms with E-state index in [2.05, 4.69) is 58.6 Å². The van der Waals surface area contributed by atoms with Crippen molar-refractivity contribution in [3.63, 3.8) is 0 Å². The molecule has 1 aliphatic carbocycles. The van der Waals surface area contributed by atoms with E-state index in [1.165, 1.54) is 40.6 Å². The highest BCUT2D eigenvalue weighted by atomic mass is 127. The molecule has 0 aromatic heterocycles. The summed E-state index contributed by atoms with van der Waals surface area (Å²) < 4.78 is 1.33. The summed E-state index contributed by atoms with van der Waals surface area (Å²) >= 11 is 4.43. The Morgan fingerprint density at radius 2 is 1.64 bits per heavy atom. The average Bonchev–Trinajstić information content (AvgIpc) is 2.23. The van der Waals surface area contributed by atoms with Crippen LogP contribution in [0.5, 0.6) is 0 Å². The van der Waals surface area contributed by atoms with E-state index in [-0.39, 0.29) is 0 Å². The molecule has 1 aromatic carbocycles. The molecular formula is C12H15IS.